The van der Waals surface area contributed by atoms with E-state index >= 15 is 0 Å². The van der Waals surface area contributed by atoms with Gasteiger partial charge in [0.05, 0.1) is 11.4 Å². The molecule has 3 rings (SSSR count). The summed E-state index contributed by atoms with van der Waals surface area (Å²) in [7, 11) is 0. The van der Waals surface area contributed by atoms with E-state index in [1.807, 2.05) is 0 Å². The van der Waals surface area contributed by atoms with Gasteiger partial charge >= 0.3 is 0 Å². The van der Waals surface area contributed by atoms with E-state index in [1.54, 1.807) is 0 Å². The molecule has 1 atom stereocenters. The van der Waals surface area contributed by atoms with Gasteiger partial charge in [0.25, 0.3) is 0 Å². The van der Waals surface area contributed by atoms with Crippen LogP contribution in [0.2, 0.25) is 0 Å². The maximum absolute atomic E-state index is 6.92. The van der Waals surface area contributed by atoms with Gasteiger partial charge < -0.3 is 0 Å². The quantitative estimate of drug-likeness (QED) is 0.283. The molecule has 2 aliphatic rings. The Morgan fingerprint density at radius 3 is 2.21 bits per heavy atom. The second-order valence-electron chi connectivity index (χ2n) is 9.95. The molecule has 1 aromatic heterocycles. The lowest BCUT2D eigenvalue weighted by atomic mass is 9.74. The van der Waals surface area contributed by atoms with Crippen molar-refractivity contribution in [3.63, 3.8) is 0 Å². The fraction of sp³-hybridized carbons (Fsp3) is 0.846. The van der Waals surface area contributed by atoms with Crippen LogP contribution in [0.25, 0.3) is 0 Å². The molecule has 2 saturated carbocycles. The van der Waals surface area contributed by atoms with Crippen LogP contribution in [0.5, 0.6) is 0 Å². The number of halogens is 1. The molecule has 1 unspecified atom stereocenters. The van der Waals surface area contributed by atoms with Crippen LogP contribution in [0, 0.1) is 17.8 Å². The average molecular weight is 419 g/mol. The van der Waals surface area contributed by atoms with Crippen LogP contribution in [0.3, 0.4) is 0 Å². The molecule has 3 heteroatoms. The van der Waals surface area contributed by atoms with Gasteiger partial charge in [-0.2, -0.15) is 10.2 Å². The van der Waals surface area contributed by atoms with Crippen LogP contribution >= 0.6 is 11.6 Å². The van der Waals surface area contributed by atoms with E-state index < -0.39 is 0 Å². The Bertz CT molecular complexity index is 557. The monoisotopic (exact) mass is 418 g/mol. The maximum Gasteiger partial charge on any atom is 0.0662 e. The van der Waals surface area contributed by atoms with Crippen molar-refractivity contribution in [3.05, 3.63) is 23.5 Å². The van der Waals surface area contributed by atoms with Crippen LogP contribution in [0.15, 0.2) is 12.1 Å². The van der Waals surface area contributed by atoms with Gasteiger partial charge in [-0.1, -0.05) is 52.4 Å². The van der Waals surface area contributed by atoms with Gasteiger partial charge in [-0.3, -0.25) is 0 Å². The Hall–Kier alpha value is -0.630. The van der Waals surface area contributed by atoms with Gasteiger partial charge in [0, 0.05) is 11.3 Å². The second kappa shape index (κ2) is 12.3. The van der Waals surface area contributed by atoms with E-state index in [1.165, 1.54) is 95.6 Å². The summed E-state index contributed by atoms with van der Waals surface area (Å²) in [6, 6.07) is 4.46. The van der Waals surface area contributed by atoms with Crippen LogP contribution in [0.1, 0.15) is 121 Å². The summed E-state index contributed by atoms with van der Waals surface area (Å²) in [4.78, 5) is 0. The zero-order valence-corrected chi connectivity index (χ0v) is 19.7. The minimum absolute atomic E-state index is 0.404. The summed E-state index contributed by atoms with van der Waals surface area (Å²) in [5.41, 5.74) is 2.38. The van der Waals surface area contributed by atoms with Crippen molar-refractivity contribution in [2.24, 2.45) is 17.8 Å². The highest BCUT2D eigenvalue weighted by atomic mass is 35.5. The summed E-state index contributed by atoms with van der Waals surface area (Å²) in [5, 5.41) is 9.49. The van der Waals surface area contributed by atoms with Gasteiger partial charge in [0.15, 0.2) is 0 Å². The molecule has 1 aromatic rings. The predicted octanol–water partition coefficient (Wildman–Crippen LogP) is 8.09. The minimum atomic E-state index is 0.404. The van der Waals surface area contributed by atoms with Crippen molar-refractivity contribution in [2.75, 3.05) is 0 Å². The van der Waals surface area contributed by atoms with E-state index in [4.69, 9.17) is 11.6 Å². The zero-order chi connectivity index (χ0) is 20.5. The molecule has 1 heterocycles. The topological polar surface area (TPSA) is 25.8 Å². The summed E-state index contributed by atoms with van der Waals surface area (Å²) in [6.45, 7) is 4.57. The number of alkyl halides is 1. The van der Waals surface area contributed by atoms with Gasteiger partial charge in [-0.25, -0.2) is 0 Å². The molecule has 0 spiro atoms. The Morgan fingerprint density at radius 1 is 0.862 bits per heavy atom. The first-order valence-corrected chi connectivity index (χ1v) is 13.1. The lowest BCUT2D eigenvalue weighted by Gasteiger charge is -2.34. The number of hydrogen-bond acceptors (Lipinski definition) is 2. The molecule has 0 bridgehead atoms. The van der Waals surface area contributed by atoms with Crippen LogP contribution in [0.4, 0.5) is 0 Å². The Morgan fingerprint density at radius 2 is 1.59 bits per heavy atom. The fourth-order valence-electron chi connectivity index (χ4n) is 5.73. The SMILES string of the molecule is CCCCCc1ccc([C@H]2CC[C@H](CC(Cl)[C@H]3CC[C@H](CCC)CC3)CC2)nn1. The Balaban J connectivity index is 1.38. The van der Waals surface area contributed by atoms with Crippen molar-refractivity contribution >= 4 is 11.6 Å². The number of hydrogen-bond donors (Lipinski definition) is 0. The number of nitrogens with zero attached hydrogens (tertiary/aromatic N) is 2. The number of unbranched alkanes of at least 4 members (excludes halogenated alkanes) is 2. The molecule has 164 valence electrons. The van der Waals surface area contributed by atoms with Crippen molar-refractivity contribution < 1.29 is 0 Å². The number of aryl methyl sites for hydroxylation is 1. The highest BCUT2D eigenvalue weighted by molar-refractivity contribution is 6.20. The Labute approximate surface area is 184 Å². The Kier molecular flexibility index (Phi) is 9.76. The van der Waals surface area contributed by atoms with E-state index in [9.17, 15) is 0 Å². The van der Waals surface area contributed by atoms with E-state index in [-0.39, 0.29) is 0 Å². The molecule has 0 saturated heterocycles. The first-order chi connectivity index (χ1) is 14.2. The molecule has 0 amide bonds. The third-order valence-corrected chi connectivity index (χ3v) is 8.23. The predicted molar refractivity (Wildman–Crippen MR) is 125 cm³/mol. The molecule has 29 heavy (non-hydrogen) atoms. The summed E-state index contributed by atoms with van der Waals surface area (Å²) in [6.07, 6.45) is 19.6. The molecule has 0 aromatic carbocycles. The number of rotatable bonds is 10. The first-order valence-electron chi connectivity index (χ1n) is 12.7. The van der Waals surface area contributed by atoms with Crippen LogP contribution in [-0.4, -0.2) is 15.6 Å². The fourth-order valence-corrected chi connectivity index (χ4v) is 6.23. The van der Waals surface area contributed by atoms with Crippen molar-refractivity contribution in [3.8, 4) is 0 Å². The van der Waals surface area contributed by atoms with E-state index in [2.05, 4.69) is 36.2 Å². The van der Waals surface area contributed by atoms with E-state index in [0.717, 1.165) is 29.9 Å². The highest BCUT2D eigenvalue weighted by Crippen LogP contribution is 2.41. The molecule has 2 nitrogen and oxygen atoms in total. The third-order valence-electron chi connectivity index (χ3n) is 7.70. The minimum Gasteiger partial charge on any atom is -0.155 e. The van der Waals surface area contributed by atoms with Gasteiger partial charge in [0.1, 0.15) is 0 Å². The highest BCUT2D eigenvalue weighted by Gasteiger charge is 2.30. The normalized spacial score (nSPS) is 28.9. The van der Waals surface area contributed by atoms with Crippen molar-refractivity contribution in [1.29, 1.82) is 0 Å². The lowest BCUT2D eigenvalue weighted by Crippen LogP contribution is -2.25. The molecule has 2 aliphatic carbocycles. The molecular weight excluding hydrogens is 376 g/mol. The molecule has 0 N–H and O–H groups in total. The molecule has 0 radical (unpaired) electrons. The molecule has 2 fully saturated rings. The molecular formula is C26H43ClN2. The summed E-state index contributed by atoms with van der Waals surface area (Å²) in [5.74, 6) is 3.19. The van der Waals surface area contributed by atoms with E-state index in [0.29, 0.717) is 11.3 Å². The zero-order valence-electron chi connectivity index (χ0n) is 18.9. The molecule has 0 aliphatic heterocycles. The summed E-state index contributed by atoms with van der Waals surface area (Å²) >= 11 is 6.92. The summed E-state index contributed by atoms with van der Waals surface area (Å²) < 4.78 is 0. The number of aromatic nitrogens is 2. The largest absolute Gasteiger partial charge is 0.155 e. The first kappa shape index (κ1) is 23.0. The van der Waals surface area contributed by atoms with Crippen LogP contribution < -0.4 is 0 Å². The van der Waals surface area contributed by atoms with Crippen LogP contribution in [-0.2, 0) is 6.42 Å². The van der Waals surface area contributed by atoms with Gasteiger partial charge in [-0.05, 0) is 87.7 Å². The lowest BCUT2D eigenvalue weighted by molar-refractivity contribution is 0.227. The van der Waals surface area contributed by atoms with Crippen molar-refractivity contribution in [2.45, 2.75) is 121 Å². The third kappa shape index (κ3) is 7.23. The average Bonchev–Trinajstić information content (AvgIpc) is 2.76. The van der Waals surface area contributed by atoms with Crippen molar-refractivity contribution in [1.82, 2.24) is 10.2 Å². The standard InChI is InChI=1S/C26H43ClN2/c1-3-5-6-8-24-17-18-26(29-28-24)23-15-11-21(12-16-23)19-25(27)22-13-9-20(7-4-2)10-14-22/h17-18,20-23,25H,3-16,19H2,1-2H3/t20-,21-,22-,23-,25?. The van der Waals surface area contributed by atoms with Gasteiger partial charge in [0.2, 0.25) is 0 Å². The smallest absolute Gasteiger partial charge is 0.0662 e. The maximum atomic E-state index is 6.92. The second-order valence-corrected chi connectivity index (χ2v) is 10.5. The van der Waals surface area contributed by atoms with Gasteiger partial charge in [-0.15, -0.1) is 11.6 Å².